The van der Waals surface area contributed by atoms with E-state index in [-0.39, 0.29) is 36.3 Å². The van der Waals surface area contributed by atoms with E-state index < -0.39 is 11.2 Å². The average Bonchev–Trinajstić information content (AvgIpc) is 2.98. The van der Waals surface area contributed by atoms with Crippen LogP contribution in [-0.2, 0) is 14.3 Å². The number of nitrogens with zero attached hydrogens (tertiary/aromatic N) is 6. The van der Waals surface area contributed by atoms with Gasteiger partial charge in [-0.05, 0) is 58.2 Å². The van der Waals surface area contributed by atoms with Gasteiger partial charge < -0.3 is 30.1 Å². The summed E-state index contributed by atoms with van der Waals surface area (Å²) in [6, 6.07) is 9.34. The van der Waals surface area contributed by atoms with Gasteiger partial charge >= 0.3 is 5.97 Å². The van der Waals surface area contributed by atoms with Crippen LogP contribution in [0.25, 0.3) is 11.3 Å². The second kappa shape index (κ2) is 14.7. The van der Waals surface area contributed by atoms with Crippen molar-refractivity contribution in [2.75, 3.05) is 75.5 Å². The van der Waals surface area contributed by atoms with Gasteiger partial charge in [-0.15, -0.1) is 10.2 Å². The van der Waals surface area contributed by atoms with Gasteiger partial charge in [0.2, 0.25) is 5.91 Å². The maximum Gasteiger partial charge on any atom is 0.313 e. The number of ether oxygens (including phenoxy) is 1. The molecule has 4 rings (SSSR count). The monoisotopic (exact) mass is 626 g/mol. The number of carbonyl (C=O) groups is 2. The summed E-state index contributed by atoms with van der Waals surface area (Å²) in [4.78, 5) is 35.9. The van der Waals surface area contributed by atoms with Crippen molar-refractivity contribution in [3.8, 4) is 11.3 Å². The zero-order chi connectivity index (χ0) is 31.9. The number of pyridine rings is 1. The number of anilines is 4. The predicted molar refractivity (Wildman–Crippen MR) is 171 cm³/mol. The van der Waals surface area contributed by atoms with Gasteiger partial charge in [-0.1, -0.05) is 11.6 Å². The second-order valence-corrected chi connectivity index (χ2v) is 12.0. The number of rotatable bonds is 12. The molecule has 0 spiro atoms. The molecule has 1 aromatic carbocycles. The Morgan fingerprint density at radius 1 is 1.11 bits per heavy atom. The van der Waals surface area contributed by atoms with E-state index in [1.54, 1.807) is 57.1 Å². The Balaban J connectivity index is 1.56. The number of nitrogens with one attached hydrogen (secondary N) is 2. The van der Waals surface area contributed by atoms with E-state index in [0.717, 1.165) is 26.2 Å². The highest BCUT2D eigenvalue weighted by molar-refractivity contribution is 6.30. The molecule has 0 saturated carbocycles. The first-order valence-electron chi connectivity index (χ1n) is 14.6. The molecule has 0 atom stereocenters. The minimum Gasteiger partial charge on any atom is -0.466 e. The highest BCUT2D eigenvalue weighted by atomic mass is 35.5. The van der Waals surface area contributed by atoms with Crippen LogP contribution in [0.3, 0.4) is 0 Å². The Labute approximate surface area is 262 Å². The summed E-state index contributed by atoms with van der Waals surface area (Å²) < 4.78 is 20.0. The quantitative estimate of drug-likeness (QED) is 0.275. The summed E-state index contributed by atoms with van der Waals surface area (Å²) in [5, 5.41) is 15.3. The largest absolute Gasteiger partial charge is 0.466 e. The molecule has 1 aliphatic heterocycles. The molecule has 1 amide bonds. The third-order valence-corrected chi connectivity index (χ3v) is 7.59. The lowest BCUT2D eigenvalue weighted by atomic mass is 9.93. The second-order valence-electron chi connectivity index (χ2n) is 11.5. The van der Waals surface area contributed by atoms with Crippen molar-refractivity contribution in [2.45, 2.75) is 27.2 Å². The number of aromatic nitrogens is 3. The van der Waals surface area contributed by atoms with E-state index in [0.29, 0.717) is 41.0 Å². The van der Waals surface area contributed by atoms with Crippen LogP contribution in [0.15, 0.2) is 42.6 Å². The van der Waals surface area contributed by atoms with E-state index in [2.05, 4.69) is 42.7 Å². The van der Waals surface area contributed by atoms with E-state index in [9.17, 15) is 14.0 Å². The molecule has 2 aromatic heterocycles. The highest BCUT2D eigenvalue weighted by Gasteiger charge is 2.32. The van der Waals surface area contributed by atoms with Crippen LogP contribution in [0, 0.1) is 11.2 Å². The van der Waals surface area contributed by atoms with Crippen LogP contribution >= 0.6 is 11.6 Å². The number of esters is 1. The van der Waals surface area contributed by atoms with Gasteiger partial charge in [-0.2, -0.15) is 0 Å². The van der Waals surface area contributed by atoms with E-state index in [1.165, 1.54) is 18.2 Å². The normalized spacial score (nSPS) is 14.2. The minimum absolute atomic E-state index is 0.125. The first-order chi connectivity index (χ1) is 20.9. The fourth-order valence-corrected chi connectivity index (χ4v) is 5.08. The number of hydrogen-bond donors (Lipinski definition) is 2. The van der Waals surface area contributed by atoms with Gasteiger partial charge in [0.05, 0.1) is 23.4 Å². The molecule has 0 radical (unpaired) electrons. The Hall–Kier alpha value is -3.87. The molecule has 0 unspecified atom stereocenters. The van der Waals surface area contributed by atoms with Gasteiger partial charge in [-0.3, -0.25) is 9.59 Å². The molecule has 0 aliphatic carbocycles. The Morgan fingerprint density at radius 3 is 2.59 bits per heavy atom. The molecule has 0 bridgehead atoms. The SMILES string of the molecule is CCOC(=O)C(C)(C)CN(C)c1nnc(-c2cc(Cl)ccc2F)cc1Nc1ccnc(NC(=O)CCN2CCN(C)CC2)c1. The minimum atomic E-state index is -0.848. The molecule has 3 aromatic rings. The number of hydrogen-bond acceptors (Lipinski definition) is 10. The number of piperazine rings is 1. The first kappa shape index (κ1) is 33.0. The molecule has 1 fully saturated rings. The van der Waals surface area contributed by atoms with Crippen molar-refractivity contribution >= 4 is 46.5 Å². The van der Waals surface area contributed by atoms with Crippen LogP contribution in [0.1, 0.15) is 27.2 Å². The lowest BCUT2D eigenvalue weighted by Crippen LogP contribution is -2.45. The topological polar surface area (TPSA) is 116 Å². The van der Waals surface area contributed by atoms with Crippen molar-refractivity contribution in [2.24, 2.45) is 5.41 Å². The van der Waals surface area contributed by atoms with Crippen molar-refractivity contribution in [3.63, 3.8) is 0 Å². The summed E-state index contributed by atoms with van der Waals surface area (Å²) in [6.07, 6.45) is 1.94. The lowest BCUT2D eigenvalue weighted by molar-refractivity contribution is -0.152. The maximum atomic E-state index is 14.8. The third-order valence-electron chi connectivity index (χ3n) is 7.36. The van der Waals surface area contributed by atoms with Crippen LogP contribution < -0.4 is 15.5 Å². The predicted octanol–water partition coefficient (Wildman–Crippen LogP) is 4.68. The van der Waals surface area contributed by atoms with Crippen molar-refractivity contribution in [3.05, 3.63) is 53.4 Å². The Kier molecular flexibility index (Phi) is 11.1. The molecule has 2 N–H and O–H groups in total. The highest BCUT2D eigenvalue weighted by Crippen LogP contribution is 2.33. The zero-order valence-corrected chi connectivity index (χ0v) is 26.6. The van der Waals surface area contributed by atoms with Crippen molar-refractivity contribution in [1.82, 2.24) is 25.0 Å². The summed E-state index contributed by atoms with van der Waals surface area (Å²) in [5.74, 6) is -0.152. The van der Waals surface area contributed by atoms with Crippen LogP contribution in [-0.4, -0.2) is 96.8 Å². The molecular formula is C31H40ClFN8O3. The molecular weight excluding hydrogens is 587 g/mol. The maximum absolute atomic E-state index is 14.8. The van der Waals surface area contributed by atoms with Gasteiger partial charge in [-0.25, -0.2) is 9.37 Å². The van der Waals surface area contributed by atoms with Gasteiger partial charge in [0.15, 0.2) is 5.82 Å². The Morgan fingerprint density at radius 2 is 1.86 bits per heavy atom. The first-order valence-corrected chi connectivity index (χ1v) is 15.0. The molecule has 13 heteroatoms. The number of benzene rings is 1. The Bertz CT molecular complexity index is 1470. The smallest absolute Gasteiger partial charge is 0.313 e. The molecule has 11 nitrogen and oxygen atoms in total. The summed E-state index contributed by atoms with van der Waals surface area (Å²) in [5.41, 5.74) is 0.715. The fraction of sp³-hybridized carbons (Fsp3) is 0.452. The number of carbonyl (C=O) groups excluding carboxylic acids is 2. The summed E-state index contributed by atoms with van der Waals surface area (Å²) in [6.45, 7) is 10.4. The molecule has 3 heterocycles. The standard InChI is InChI=1S/C31H40ClFN8O3/c1-6-44-30(43)31(2,3)20-40(5)29-26(19-25(37-38-29)23-17-21(32)7-8-24(23)33)35-22-9-11-34-27(18-22)36-28(42)10-12-41-15-13-39(4)14-16-41/h7-9,11,17-19H,6,10,12-16,20H2,1-5H3,(H2,34,35,36,37,42). The van der Waals surface area contributed by atoms with E-state index in [4.69, 9.17) is 16.3 Å². The van der Waals surface area contributed by atoms with E-state index >= 15 is 0 Å². The van der Waals surface area contributed by atoms with Crippen molar-refractivity contribution in [1.29, 1.82) is 0 Å². The van der Waals surface area contributed by atoms with Gasteiger partial charge in [0, 0.05) is 81.3 Å². The molecule has 1 aliphatic rings. The fourth-order valence-electron chi connectivity index (χ4n) is 4.91. The number of halogens is 2. The molecule has 1 saturated heterocycles. The number of likely N-dealkylation sites (N-methyl/N-ethyl adjacent to an activating group) is 1. The summed E-state index contributed by atoms with van der Waals surface area (Å²) >= 11 is 6.15. The van der Waals surface area contributed by atoms with Gasteiger partial charge in [0.25, 0.3) is 0 Å². The van der Waals surface area contributed by atoms with Crippen LogP contribution in [0.2, 0.25) is 5.02 Å². The molecule has 236 valence electrons. The average molecular weight is 627 g/mol. The third kappa shape index (κ3) is 8.84. The van der Waals surface area contributed by atoms with Crippen LogP contribution in [0.4, 0.5) is 27.4 Å². The van der Waals surface area contributed by atoms with Crippen molar-refractivity contribution < 1.29 is 18.7 Å². The van der Waals surface area contributed by atoms with Crippen LogP contribution in [0.5, 0.6) is 0 Å². The number of amides is 1. The lowest BCUT2D eigenvalue weighted by Gasteiger charge is -2.32. The zero-order valence-electron chi connectivity index (χ0n) is 25.9. The molecule has 44 heavy (non-hydrogen) atoms. The summed E-state index contributed by atoms with van der Waals surface area (Å²) in [7, 11) is 3.88. The van der Waals surface area contributed by atoms with E-state index in [1.807, 2.05) is 0 Å². The van der Waals surface area contributed by atoms with Gasteiger partial charge in [0.1, 0.15) is 11.6 Å².